The molecule has 0 bridgehead atoms. The summed E-state index contributed by atoms with van der Waals surface area (Å²) in [6, 6.07) is 16.6. The molecule has 0 heterocycles. The van der Waals surface area contributed by atoms with Gasteiger partial charge in [-0.2, -0.15) is 0 Å². The van der Waals surface area contributed by atoms with Gasteiger partial charge in [0.2, 0.25) is 0 Å². The molecule has 0 saturated carbocycles. The zero-order chi connectivity index (χ0) is 17.5. The normalized spacial score (nSPS) is 11.6. The lowest BCUT2D eigenvalue weighted by Gasteiger charge is -2.19. The van der Waals surface area contributed by atoms with Crippen LogP contribution in [0.25, 0.3) is 0 Å². The summed E-state index contributed by atoms with van der Waals surface area (Å²) in [6.45, 7) is 7.20. The van der Waals surface area contributed by atoms with Gasteiger partial charge in [-0.05, 0) is 50.6 Å². The second-order valence-corrected chi connectivity index (χ2v) is 5.66. The van der Waals surface area contributed by atoms with Crippen LogP contribution in [0.5, 0.6) is 0 Å². The number of rotatable bonds is 6. The van der Waals surface area contributed by atoms with Crippen LogP contribution in [-0.4, -0.2) is 29.8 Å². The molecule has 0 aliphatic rings. The van der Waals surface area contributed by atoms with Crippen LogP contribution in [0, 0.1) is 0 Å². The van der Waals surface area contributed by atoms with Crippen molar-refractivity contribution in [2.75, 3.05) is 13.1 Å². The fourth-order valence-corrected chi connectivity index (χ4v) is 2.56. The highest BCUT2D eigenvalue weighted by molar-refractivity contribution is 5.97. The monoisotopic (exact) mass is 324 g/mol. The molecule has 2 amide bonds. The maximum atomic E-state index is 12.3. The first-order valence-electron chi connectivity index (χ1n) is 8.32. The van der Waals surface area contributed by atoms with E-state index < -0.39 is 0 Å². The van der Waals surface area contributed by atoms with Gasteiger partial charge in [0.1, 0.15) is 0 Å². The molecule has 0 aliphatic heterocycles. The Balaban J connectivity index is 2.05. The Morgan fingerprint density at radius 3 is 2.00 bits per heavy atom. The predicted molar refractivity (Wildman–Crippen MR) is 96.0 cm³/mol. The zero-order valence-corrected chi connectivity index (χ0v) is 14.5. The number of amides is 2. The predicted octanol–water partition coefficient (Wildman–Crippen LogP) is 3.66. The Bertz CT molecular complexity index is 677. The third kappa shape index (κ3) is 4.22. The van der Waals surface area contributed by atoms with Crippen LogP contribution < -0.4 is 5.32 Å². The van der Waals surface area contributed by atoms with Crippen molar-refractivity contribution >= 4 is 11.8 Å². The first kappa shape index (κ1) is 17.7. The Labute approximate surface area is 143 Å². The van der Waals surface area contributed by atoms with E-state index in [1.807, 2.05) is 51.1 Å². The maximum absolute atomic E-state index is 12.3. The average Bonchev–Trinajstić information content (AvgIpc) is 2.63. The van der Waals surface area contributed by atoms with E-state index in [1.165, 1.54) is 0 Å². The molecule has 0 saturated heterocycles. The minimum Gasteiger partial charge on any atom is -0.346 e. The molecule has 0 spiro atoms. The summed E-state index contributed by atoms with van der Waals surface area (Å²) in [5.41, 5.74) is 2.21. The second kappa shape index (κ2) is 8.29. The van der Waals surface area contributed by atoms with E-state index in [-0.39, 0.29) is 17.9 Å². The molecule has 2 aromatic carbocycles. The molecule has 1 atom stereocenters. The van der Waals surface area contributed by atoms with Gasteiger partial charge in [0.25, 0.3) is 11.8 Å². The number of nitrogens with one attached hydrogen (secondary N) is 1. The Morgan fingerprint density at radius 2 is 1.46 bits per heavy atom. The standard InChI is InChI=1S/C20H24N2O2/c1-4-22(5-2)20(24)18-13-11-17(12-14-18)19(23)21-15(3)16-9-7-6-8-10-16/h6-15H,4-5H2,1-3H3,(H,21,23). The van der Waals surface area contributed by atoms with Crippen molar-refractivity contribution in [3.63, 3.8) is 0 Å². The van der Waals surface area contributed by atoms with Crippen LogP contribution in [0.3, 0.4) is 0 Å². The van der Waals surface area contributed by atoms with Crippen molar-refractivity contribution in [1.82, 2.24) is 10.2 Å². The Kier molecular flexibility index (Phi) is 6.13. The number of benzene rings is 2. The quantitative estimate of drug-likeness (QED) is 0.881. The van der Waals surface area contributed by atoms with Gasteiger partial charge in [0, 0.05) is 24.2 Å². The largest absolute Gasteiger partial charge is 0.346 e. The highest BCUT2D eigenvalue weighted by atomic mass is 16.2. The fraction of sp³-hybridized carbons (Fsp3) is 0.300. The summed E-state index contributed by atoms with van der Waals surface area (Å²) in [4.78, 5) is 26.4. The molecular formula is C20H24N2O2. The van der Waals surface area contributed by atoms with Gasteiger partial charge in [0.15, 0.2) is 0 Å². The van der Waals surface area contributed by atoms with E-state index >= 15 is 0 Å². The number of nitrogens with zero attached hydrogens (tertiary/aromatic N) is 1. The smallest absolute Gasteiger partial charge is 0.253 e. The lowest BCUT2D eigenvalue weighted by Crippen LogP contribution is -2.30. The second-order valence-electron chi connectivity index (χ2n) is 5.66. The third-order valence-corrected chi connectivity index (χ3v) is 4.09. The van der Waals surface area contributed by atoms with Crippen molar-refractivity contribution in [2.45, 2.75) is 26.8 Å². The van der Waals surface area contributed by atoms with Gasteiger partial charge in [-0.15, -0.1) is 0 Å². The lowest BCUT2D eigenvalue weighted by atomic mass is 10.1. The van der Waals surface area contributed by atoms with Gasteiger partial charge < -0.3 is 10.2 Å². The van der Waals surface area contributed by atoms with Gasteiger partial charge >= 0.3 is 0 Å². The molecule has 4 nitrogen and oxygen atoms in total. The van der Waals surface area contributed by atoms with Crippen LogP contribution in [0.1, 0.15) is 53.1 Å². The van der Waals surface area contributed by atoms with Crippen LogP contribution >= 0.6 is 0 Å². The molecule has 0 fully saturated rings. The van der Waals surface area contributed by atoms with Crippen LogP contribution in [-0.2, 0) is 0 Å². The Hall–Kier alpha value is -2.62. The van der Waals surface area contributed by atoms with Crippen molar-refractivity contribution in [1.29, 1.82) is 0 Å². The molecule has 1 unspecified atom stereocenters. The van der Waals surface area contributed by atoms with E-state index in [9.17, 15) is 9.59 Å². The van der Waals surface area contributed by atoms with E-state index in [0.717, 1.165) is 5.56 Å². The van der Waals surface area contributed by atoms with Gasteiger partial charge in [0.05, 0.1) is 6.04 Å². The fourth-order valence-electron chi connectivity index (χ4n) is 2.56. The topological polar surface area (TPSA) is 49.4 Å². The number of carbonyl (C=O) groups is 2. The van der Waals surface area contributed by atoms with E-state index in [2.05, 4.69) is 5.32 Å². The van der Waals surface area contributed by atoms with E-state index in [4.69, 9.17) is 0 Å². The summed E-state index contributed by atoms with van der Waals surface area (Å²) >= 11 is 0. The Morgan fingerprint density at radius 1 is 0.917 bits per heavy atom. The number of hydrogen-bond acceptors (Lipinski definition) is 2. The van der Waals surface area contributed by atoms with E-state index in [0.29, 0.717) is 24.2 Å². The lowest BCUT2D eigenvalue weighted by molar-refractivity contribution is 0.0772. The van der Waals surface area contributed by atoms with Crippen LogP contribution in [0.2, 0.25) is 0 Å². The maximum Gasteiger partial charge on any atom is 0.253 e. The molecule has 0 aromatic heterocycles. The zero-order valence-electron chi connectivity index (χ0n) is 14.5. The first-order valence-corrected chi connectivity index (χ1v) is 8.32. The highest BCUT2D eigenvalue weighted by Gasteiger charge is 2.14. The molecule has 2 aromatic rings. The minimum absolute atomic E-state index is 0.00962. The summed E-state index contributed by atoms with van der Waals surface area (Å²) < 4.78 is 0. The van der Waals surface area contributed by atoms with Gasteiger partial charge in [-0.1, -0.05) is 30.3 Å². The summed E-state index contributed by atoms with van der Waals surface area (Å²) in [5, 5.41) is 2.97. The molecule has 126 valence electrons. The van der Waals surface area contributed by atoms with Crippen molar-refractivity contribution < 1.29 is 9.59 Å². The molecular weight excluding hydrogens is 300 g/mol. The molecule has 0 aliphatic carbocycles. The summed E-state index contributed by atoms with van der Waals surface area (Å²) in [7, 11) is 0. The average molecular weight is 324 g/mol. The van der Waals surface area contributed by atoms with Gasteiger partial charge in [-0.3, -0.25) is 9.59 Å². The summed E-state index contributed by atoms with van der Waals surface area (Å²) in [6.07, 6.45) is 0. The van der Waals surface area contributed by atoms with Crippen molar-refractivity contribution in [2.24, 2.45) is 0 Å². The highest BCUT2D eigenvalue weighted by Crippen LogP contribution is 2.13. The number of carbonyl (C=O) groups excluding carboxylic acids is 2. The van der Waals surface area contributed by atoms with Gasteiger partial charge in [-0.25, -0.2) is 0 Å². The molecule has 4 heteroatoms. The molecule has 0 radical (unpaired) electrons. The van der Waals surface area contributed by atoms with Crippen molar-refractivity contribution in [3.05, 3.63) is 71.3 Å². The number of hydrogen-bond donors (Lipinski definition) is 1. The summed E-state index contributed by atoms with van der Waals surface area (Å²) in [5.74, 6) is -0.155. The van der Waals surface area contributed by atoms with Crippen molar-refractivity contribution in [3.8, 4) is 0 Å². The van der Waals surface area contributed by atoms with E-state index in [1.54, 1.807) is 29.2 Å². The third-order valence-electron chi connectivity index (χ3n) is 4.09. The molecule has 2 rings (SSSR count). The van der Waals surface area contributed by atoms with Crippen LogP contribution in [0.15, 0.2) is 54.6 Å². The SMILES string of the molecule is CCN(CC)C(=O)c1ccc(C(=O)NC(C)c2ccccc2)cc1. The first-order chi connectivity index (χ1) is 11.6. The molecule has 1 N–H and O–H groups in total. The van der Waals surface area contributed by atoms with Crippen LogP contribution in [0.4, 0.5) is 0 Å². The molecule has 24 heavy (non-hydrogen) atoms. The minimum atomic E-state index is -0.145.